The Morgan fingerprint density at radius 2 is 2.30 bits per heavy atom. The molecule has 0 saturated carbocycles. The number of aliphatic carboxylic acids is 1. The molecule has 58 valence electrons. The van der Waals surface area contributed by atoms with E-state index in [-0.39, 0.29) is 0 Å². The second kappa shape index (κ2) is 3.34. The first-order valence-corrected chi connectivity index (χ1v) is 2.90. The van der Waals surface area contributed by atoms with Gasteiger partial charge >= 0.3 is 5.97 Å². The fourth-order valence-electron chi connectivity index (χ4n) is 0.384. The van der Waals surface area contributed by atoms with Crippen molar-refractivity contribution in [1.82, 2.24) is 0 Å². The second-order valence-electron chi connectivity index (χ2n) is 2.23. The smallest absolute Gasteiger partial charge is 0.327 e. The Bertz CT molecular complexity index is 152. The predicted molar refractivity (Wildman–Crippen MR) is 38.4 cm³/mol. The van der Waals surface area contributed by atoms with Crippen LogP contribution in [0.4, 0.5) is 0 Å². The van der Waals surface area contributed by atoms with Crippen LogP contribution < -0.4 is 11.5 Å². The summed E-state index contributed by atoms with van der Waals surface area (Å²) in [6.07, 6.45) is 2.89. The standard InChI is InChI=1S/C6H12N2O2/c1-6(8,5(9)10)3-2-4-7/h2-3H,4,7-8H2,1H3,(H,9,10)/b3-2+. The molecule has 0 fully saturated rings. The van der Waals surface area contributed by atoms with E-state index < -0.39 is 11.5 Å². The summed E-state index contributed by atoms with van der Waals surface area (Å²) in [6.45, 7) is 1.71. The van der Waals surface area contributed by atoms with Gasteiger partial charge < -0.3 is 16.6 Å². The third kappa shape index (κ3) is 2.61. The monoisotopic (exact) mass is 144 g/mol. The normalized spacial score (nSPS) is 17.1. The molecule has 1 unspecified atom stereocenters. The topological polar surface area (TPSA) is 89.3 Å². The van der Waals surface area contributed by atoms with Gasteiger partial charge in [0.25, 0.3) is 0 Å². The Morgan fingerprint density at radius 1 is 1.80 bits per heavy atom. The molecule has 0 saturated heterocycles. The fourth-order valence-corrected chi connectivity index (χ4v) is 0.384. The lowest BCUT2D eigenvalue weighted by molar-refractivity contribution is -0.140. The number of hydrogen-bond acceptors (Lipinski definition) is 3. The van der Waals surface area contributed by atoms with Crippen molar-refractivity contribution in [2.24, 2.45) is 11.5 Å². The molecule has 4 nitrogen and oxygen atoms in total. The van der Waals surface area contributed by atoms with Crippen LogP contribution in [0.3, 0.4) is 0 Å². The highest BCUT2D eigenvalue weighted by molar-refractivity contribution is 5.80. The van der Waals surface area contributed by atoms with E-state index in [1.807, 2.05) is 0 Å². The number of rotatable bonds is 3. The summed E-state index contributed by atoms with van der Waals surface area (Å²) in [5, 5.41) is 8.45. The highest BCUT2D eigenvalue weighted by Crippen LogP contribution is 1.99. The van der Waals surface area contributed by atoms with Gasteiger partial charge in [0.2, 0.25) is 0 Å². The molecule has 0 amide bonds. The van der Waals surface area contributed by atoms with Crippen molar-refractivity contribution in [1.29, 1.82) is 0 Å². The van der Waals surface area contributed by atoms with Crippen LogP contribution in [0.1, 0.15) is 6.92 Å². The zero-order chi connectivity index (χ0) is 8.20. The van der Waals surface area contributed by atoms with E-state index in [1.54, 1.807) is 0 Å². The first kappa shape index (κ1) is 9.13. The predicted octanol–water partition coefficient (Wildman–Crippen LogP) is -0.697. The average Bonchev–Trinajstić information content (AvgIpc) is 1.84. The third-order valence-corrected chi connectivity index (χ3v) is 1.06. The van der Waals surface area contributed by atoms with Gasteiger partial charge in [0.05, 0.1) is 0 Å². The second-order valence-corrected chi connectivity index (χ2v) is 2.23. The molecular formula is C6H12N2O2. The van der Waals surface area contributed by atoms with Crippen LogP contribution in [-0.4, -0.2) is 23.2 Å². The fraction of sp³-hybridized carbons (Fsp3) is 0.500. The number of carboxylic acid groups (broad SMARTS) is 1. The first-order valence-electron chi connectivity index (χ1n) is 2.90. The minimum atomic E-state index is -1.29. The van der Waals surface area contributed by atoms with Gasteiger partial charge in [0.15, 0.2) is 0 Å². The summed E-state index contributed by atoms with van der Waals surface area (Å²) in [4.78, 5) is 10.3. The van der Waals surface area contributed by atoms with E-state index in [9.17, 15) is 4.79 Å². The Labute approximate surface area is 59.5 Å². The van der Waals surface area contributed by atoms with Gasteiger partial charge in [0, 0.05) is 6.54 Å². The molecule has 0 aromatic heterocycles. The molecule has 0 spiro atoms. The van der Waals surface area contributed by atoms with E-state index in [4.69, 9.17) is 16.6 Å². The molecule has 0 rings (SSSR count). The quantitative estimate of drug-likeness (QED) is 0.457. The molecule has 0 aromatic carbocycles. The summed E-state index contributed by atoms with van der Waals surface area (Å²) in [5.41, 5.74) is 9.11. The SMILES string of the molecule is CC(N)(/C=C/CN)C(=O)O. The molecule has 0 aliphatic carbocycles. The lowest BCUT2D eigenvalue weighted by Crippen LogP contribution is -2.42. The largest absolute Gasteiger partial charge is 0.480 e. The summed E-state index contributed by atoms with van der Waals surface area (Å²) in [7, 11) is 0. The van der Waals surface area contributed by atoms with Crippen molar-refractivity contribution < 1.29 is 9.90 Å². The van der Waals surface area contributed by atoms with E-state index in [0.29, 0.717) is 6.54 Å². The molecule has 0 aromatic rings. The average molecular weight is 144 g/mol. The molecular weight excluding hydrogens is 132 g/mol. The number of carbonyl (C=O) groups is 1. The van der Waals surface area contributed by atoms with Crippen LogP contribution in [0.5, 0.6) is 0 Å². The van der Waals surface area contributed by atoms with Crippen LogP contribution in [-0.2, 0) is 4.79 Å². The van der Waals surface area contributed by atoms with Gasteiger partial charge in [-0.3, -0.25) is 0 Å². The minimum absolute atomic E-state index is 0.306. The number of carboxylic acids is 1. The van der Waals surface area contributed by atoms with Crippen molar-refractivity contribution in [2.75, 3.05) is 6.54 Å². The van der Waals surface area contributed by atoms with Gasteiger partial charge in [-0.1, -0.05) is 12.2 Å². The molecule has 0 bridgehead atoms. The summed E-state index contributed by atoms with van der Waals surface area (Å²) in [6, 6.07) is 0. The zero-order valence-corrected chi connectivity index (χ0v) is 5.87. The molecule has 0 aliphatic rings. The van der Waals surface area contributed by atoms with Gasteiger partial charge in [0.1, 0.15) is 5.54 Å². The number of hydrogen-bond donors (Lipinski definition) is 3. The Kier molecular flexibility index (Phi) is 3.05. The molecule has 5 N–H and O–H groups in total. The Morgan fingerprint density at radius 3 is 2.60 bits per heavy atom. The number of nitrogens with two attached hydrogens (primary N) is 2. The maximum Gasteiger partial charge on any atom is 0.327 e. The lowest BCUT2D eigenvalue weighted by atomic mass is 10.0. The molecule has 4 heteroatoms. The maximum atomic E-state index is 10.3. The van der Waals surface area contributed by atoms with Gasteiger partial charge in [-0.05, 0) is 6.92 Å². The molecule has 0 aliphatic heterocycles. The van der Waals surface area contributed by atoms with Crippen LogP contribution in [0.25, 0.3) is 0 Å². The first-order chi connectivity index (χ1) is 4.50. The van der Waals surface area contributed by atoms with E-state index in [2.05, 4.69) is 0 Å². The van der Waals surface area contributed by atoms with E-state index in [0.717, 1.165) is 0 Å². The Hall–Kier alpha value is -0.870. The summed E-state index contributed by atoms with van der Waals surface area (Å²) < 4.78 is 0. The summed E-state index contributed by atoms with van der Waals surface area (Å²) in [5.74, 6) is -1.06. The molecule has 1 atom stereocenters. The third-order valence-electron chi connectivity index (χ3n) is 1.06. The highest BCUT2D eigenvalue weighted by Gasteiger charge is 2.23. The van der Waals surface area contributed by atoms with Gasteiger partial charge in [-0.15, -0.1) is 0 Å². The lowest BCUT2D eigenvalue weighted by Gasteiger charge is -2.12. The Balaban J connectivity index is 4.12. The van der Waals surface area contributed by atoms with Crippen LogP contribution in [0.15, 0.2) is 12.2 Å². The summed E-state index contributed by atoms with van der Waals surface area (Å²) >= 11 is 0. The van der Waals surface area contributed by atoms with E-state index >= 15 is 0 Å². The van der Waals surface area contributed by atoms with Crippen molar-refractivity contribution in [3.8, 4) is 0 Å². The van der Waals surface area contributed by atoms with Crippen molar-refractivity contribution >= 4 is 5.97 Å². The van der Waals surface area contributed by atoms with Gasteiger partial charge in [-0.25, -0.2) is 4.79 Å². The highest BCUT2D eigenvalue weighted by atomic mass is 16.4. The molecule has 0 heterocycles. The van der Waals surface area contributed by atoms with Crippen molar-refractivity contribution in [3.05, 3.63) is 12.2 Å². The van der Waals surface area contributed by atoms with Gasteiger partial charge in [-0.2, -0.15) is 0 Å². The molecule has 0 radical (unpaired) electrons. The maximum absolute atomic E-state index is 10.3. The van der Waals surface area contributed by atoms with Crippen LogP contribution in [0, 0.1) is 0 Å². The van der Waals surface area contributed by atoms with Crippen LogP contribution >= 0.6 is 0 Å². The zero-order valence-electron chi connectivity index (χ0n) is 5.87. The molecule has 10 heavy (non-hydrogen) atoms. The van der Waals surface area contributed by atoms with Crippen molar-refractivity contribution in [3.63, 3.8) is 0 Å². The van der Waals surface area contributed by atoms with Crippen LogP contribution in [0.2, 0.25) is 0 Å². The van der Waals surface area contributed by atoms with E-state index in [1.165, 1.54) is 19.1 Å². The van der Waals surface area contributed by atoms with Crippen molar-refractivity contribution in [2.45, 2.75) is 12.5 Å². The minimum Gasteiger partial charge on any atom is -0.480 e.